The van der Waals surface area contributed by atoms with Crippen LogP contribution in [0.2, 0.25) is 0 Å². The van der Waals surface area contributed by atoms with Crippen molar-refractivity contribution in [3.05, 3.63) is 101 Å². The van der Waals surface area contributed by atoms with Crippen LogP contribution in [0, 0.1) is 6.92 Å². The summed E-state index contributed by atoms with van der Waals surface area (Å²) in [5.74, 6) is -0.896. The van der Waals surface area contributed by atoms with Gasteiger partial charge in [0.2, 0.25) is 0 Å². The van der Waals surface area contributed by atoms with Crippen molar-refractivity contribution in [1.82, 2.24) is 9.80 Å². The lowest BCUT2D eigenvalue weighted by molar-refractivity contribution is -0.140. The molecule has 39 heavy (non-hydrogen) atoms. The number of hydrogen-bond donors (Lipinski definition) is 2. The number of morpholine rings is 1. The van der Waals surface area contributed by atoms with Crippen LogP contribution >= 0.6 is 0 Å². The zero-order valence-corrected chi connectivity index (χ0v) is 21.9. The zero-order valence-electron chi connectivity index (χ0n) is 21.9. The molecule has 202 valence electrons. The van der Waals surface area contributed by atoms with Gasteiger partial charge in [-0.3, -0.25) is 14.5 Å². The number of Topliss-reactive ketones (excluding diaryl/α,β-unsaturated/α-hetero) is 1. The van der Waals surface area contributed by atoms with Gasteiger partial charge in [0.1, 0.15) is 23.9 Å². The summed E-state index contributed by atoms with van der Waals surface area (Å²) in [5.41, 5.74) is 2.87. The summed E-state index contributed by atoms with van der Waals surface area (Å²) in [6.07, 6.45) is 0. The Bertz CT molecular complexity index is 1360. The Balaban J connectivity index is 1.45. The van der Waals surface area contributed by atoms with E-state index in [4.69, 9.17) is 9.47 Å². The summed E-state index contributed by atoms with van der Waals surface area (Å²) in [5, 5.41) is 21.3. The third-order valence-corrected chi connectivity index (χ3v) is 7.21. The lowest BCUT2D eigenvalue weighted by Gasteiger charge is -2.31. The van der Waals surface area contributed by atoms with Crippen LogP contribution in [0.15, 0.2) is 78.4 Å². The molecule has 0 spiro atoms. The molecule has 2 fully saturated rings. The Labute approximate surface area is 227 Å². The van der Waals surface area contributed by atoms with Crippen molar-refractivity contribution in [2.24, 2.45) is 0 Å². The number of carbonyl (C=O) groups excluding carboxylic acids is 2. The summed E-state index contributed by atoms with van der Waals surface area (Å²) in [6.45, 7) is 5.90. The smallest absolute Gasteiger partial charge is 0.295 e. The van der Waals surface area contributed by atoms with E-state index in [1.54, 1.807) is 24.3 Å². The number of carbonyl (C=O) groups is 2. The maximum atomic E-state index is 13.4. The summed E-state index contributed by atoms with van der Waals surface area (Å²) >= 11 is 0. The Hall–Kier alpha value is -4.14. The molecule has 2 heterocycles. The highest BCUT2D eigenvalue weighted by Gasteiger charge is 2.46. The Kier molecular flexibility index (Phi) is 7.95. The SMILES string of the molecule is Cc1cc(OCc2ccccc2)ccc1C(O)=C1C(=O)C(=O)N(CCN2CCOCC2)C1c1ccc(O)cc1. The fraction of sp³-hybridized carbons (Fsp3) is 0.290. The monoisotopic (exact) mass is 528 g/mol. The van der Waals surface area contributed by atoms with Gasteiger partial charge in [0.15, 0.2) is 0 Å². The minimum absolute atomic E-state index is 0.0359. The highest BCUT2D eigenvalue weighted by Crippen LogP contribution is 2.40. The average Bonchev–Trinajstić information content (AvgIpc) is 3.21. The van der Waals surface area contributed by atoms with E-state index in [1.807, 2.05) is 43.3 Å². The second-order valence-electron chi connectivity index (χ2n) is 9.79. The van der Waals surface area contributed by atoms with Crippen LogP contribution in [0.5, 0.6) is 11.5 Å². The molecule has 3 aromatic carbocycles. The molecule has 2 aliphatic heterocycles. The van der Waals surface area contributed by atoms with E-state index in [0.717, 1.165) is 18.7 Å². The van der Waals surface area contributed by atoms with Crippen molar-refractivity contribution in [2.45, 2.75) is 19.6 Å². The normalized spacial score (nSPS) is 19.4. The largest absolute Gasteiger partial charge is 0.508 e. The molecule has 3 aromatic rings. The maximum Gasteiger partial charge on any atom is 0.295 e. The third kappa shape index (κ3) is 5.82. The maximum absolute atomic E-state index is 13.4. The highest BCUT2D eigenvalue weighted by atomic mass is 16.5. The van der Waals surface area contributed by atoms with Gasteiger partial charge in [0.25, 0.3) is 11.7 Å². The van der Waals surface area contributed by atoms with Gasteiger partial charge in [-0.15, -0.1) is 0 Å². The Morgan fingerprint density at radius 2 is 1.69 bits per heavy atom. The van der Waals surface area contributed by atoms with Gasteiger partial charge in [-0.25, -0.2) is 0 Å². The summed E-state index contributed by atoms with van der Waals surface area (Å²) < 4.78 is 11.3. The van der Waals surface area contributed by atoms with E-state index in [0.29, 0.717) is 55.4 Å². The second kappa shape index (κ2) is 11.7. The molecule has 0 radical (unpaired) electrons. The van der Waals surface area contributed by atoms with E-state index in [-0.39, 0.29) is 17.1 Å². The fourth-order valence-electron chi connectivity index (χ4n) is 5.07. The number of aromatic hydroxyl groups is 1. The van der Waals surface area contributed by atoms with Crippen LogP contribution in [-0.4, -0.2) is 71.1 Å². The molecule has 0 saturated carbocycles. The van der Waals surface area contributed by atoms with Gasteiger partial charge in [-0.2, -0.15) is 0 Å². The van der Waals surface area contributed by atoms with Crippen molar-refractivity contribution in [1.29, 1.82) is 0 Å². The first-order valence-corrected chi connectivity index (χ1v) is 13.1. The minimum atomic E-state index is -0.778. The number of ketones is 1. The first-order valence-electron chi connectivity index (χ1n) is 13.1. The number of nitrogens with zero attached hydrogens (tertiary/aromatic N) is 2. The van der Waals surface area contributed by atoms with Crippen molar-refractivity contribution in [2.75, 3.05) is 39.4 Å². The predicted molar refractivity (Wildman–Crippen MR) is 146 cm³/mol. The van der Waals surface area contributed by atoms with Gasteiger partial charge in [-0.05, 0) is 53.9 Å². The van der Waals surface area contributed by atoms with E-state index < -0.39 is 17.7 Å². The molecule has 5 rings (SSSR count). The molecule has 2 saturated heterocycles. The summed E-state index contributed by atoms with van der Waals surface area (Å²) in [7, 11) is 0. The number of benzene rings is 3. The average molecular weight is 529 g/mol. The lowest BCUT2D eigenvalue weighted by Crippen LogP contribution is -2.42. The molecule has 0 aromatic heterocycles. The molecule has 0 aliphatic carbocycles. The number of amides is 1. The zero-order chi connectivity index (χ0) is 27.4. The van der Waals surface area contributed by atoms with Gasteiger partial charge in [0, 0.05) is 31.7 Å². The van der Waals surface area contributed by atoms with E-state index in [9.17, 15) is 19.8 Å². The molecule has 1 unspecified atom stereocenters. The number of aliphatic hydroxyl groups is 1. The van der Waals surface area contributed by atoms with Crippen LogP contribution in [0.4, 0.5) is 0 Å². The molecule has 1 atom stereocenters. The van der Waals surface area contributed by atoms with Crippen LogP contribution in [0.25, 0.3) is 5.76 Å². The van der Waals surface area contributed by atoms with Gasteiger partial charge >= 0.3 is 0 Å². The van der Waals surface area contributed by atoms with Crippen LogP contribution in [0.1, 0.15) is 28.3 Å². The predicted octanol–water partition coefficient (Wildman–Crippen LogP) is 4.03. The number of phenolic OH excluding ortho intramolecular Hbond substituents is 1. The van der Waals surface area contributed by atoms with E-state index >= 15 is 0 Å². The van der Waals surface area contributed by atoms with Gasteiger partial charge < -0.3 is 24.6 Å². The molecule has 2 N–H and O–H groups in total. The standard InChI is InChI=1S/C31H32N2O6/c1-21-19-25(39-20-22-5-3-2-4-6-22)11-12-26(21)29(35)27-28(23-7-9-24(34)10-8-23)33(31(37)30(27)36)14-13-32-15-17-38-18-16-32/h2-12,19,28,34-35H,13-18,20H2,1H3. The van der Waals surface area contributed by atoms with Crippen molar-refractivity contribution >= 4 is 17.4 Å². The highest BCUT2D eigenvalue weighted by molar-refractivity contribution is 6.46. The Morgan fingerprint density at radius 1 is 0.974 bits per heavy atom. The molecular weight excluding hydrogens is 496 g/mol. The topological polar surface area (TPSA) is 99.5 Å². The fourth-order valence-corrected chi connectivity index (χ4v) is 5.07. The molecule has 8 heteroatoms. The number of phenols is 1. The van der Waals surface area contributed by atoms with E-state index in [2.05, 4.69) is 4.90 Å². The Morgan fingerprint density at radius 3 is 2.38 bits per heavy atom. The number of ether oxygens (including phenoxy) is 2. The van der Waals surface area contributed by atoms with Crippen LogP contribution in [-0.2, 0) is 20.9 Å². The molecule has 8 nitrogen and oxygen atoms in total. The summed E-state index contributed by atoms with van der Waals surface area (Å²) in [6, 6.07) is 20.7. The van der Waals surface area contributed by atoms with Gasteiger partial charge in [0.05, 0.1) is 24.8 Å². The molecular formula is C31H32N2O6. The van der Waals surface area contributed by atoms with Crippen molar-refractivity contribution in [3.8, 4) is 11.5 Å². The van der Waals surface area contributed by atoms with Crippen LogP contribution in [0.3, 0.4) is 0 Å². The first kappa shape index (κ1) is 26.5. The van der Waals surface area contributed by atoms with E-state index in [1.165, 1.54) is 17.0 Å². The minimum Gasteiger partial charge on any atom is -0.508 e. The molecule has 2 aliphatic rings. The lowest BCUT2D eigenvalue weighted by atomic mass is 9.94. The number of likely N-dealkylation sites (tertiary alicyclic amines) is 1. The molecule has 1 amide bonds. The number of aliphatic hydroxyl groups excluding tert-OH is 1. The second-order valence-corrected chi connectivity index (χ2v) is 9.79. The number of aryl methyl sites for hydroxylation is 1. The van der Waals surface area contributed by atoms with Crippen molar-refractivity contribution < 1.29 is 29.3 Å². The number of rotatable bonds is 8. The number of hydrogen-bond acceptors (Lipinski definition) is 7. The summed E-state index contributed by atoms with van der Waals surface area (Å²) in [4.78, 5) is 30.3. The quantitative estimate of drug-likeness (QED) is 0.259. The van der Waals surface area contributed by atoms with Gasteiger partial charge in [-0.1, -0.05) is 42.5 Å². The first-order chi connectivity index (χ1) is 18.9. The van der Waals surface area contributed by atoms with Crippen molar-refractivity contribution in [3.63, 3.8) is 0 Å². The van der Waals surface area contributed by atoms with Crippen LogP contribution < -0.4 is 4.74 Å². The molecule has 0 bridgehead atoms. The third-order valence-electron chi connectivity index (χ3n) is 7.21.